The zero-order chi connectivity index (χ0) is 11.4. The second-order valence-corrected chi connectivity index (χ2v) is 4.15. The molecule has 1 aromatic rings. The molecule has 0 bridgehead atoms. The maximum atomic E-state index is 9.80. The summed E-state index contributed by atoms with van der Waals surface area (Å²) in [5.41, 5.74) is 1.28. The number of hydrogen-bond donors (Lipinski definition) is 2. The van der Waals surface area contributed by atoms with Gasteiger partial charge in [0.25, 0.3) is 0 Å². The van der Waals surface area contributed by atoms with Gasteiger partial charge in [0.05, 0.1) is 24.0 Å². The van der Waals surface area contributed by atoms with Gasteiger partial charge in [0, 0.05) is 0 Å². The molecule has 1 heterocycles. The molecule has 0 radical (unpaired) electrons. The van der Waals surface area contributed by atoms with Crippen molar-refractivity contribution in [1.82, 2.24) is 4.98 Å². The number of pyridine rings is 1. The highest BCUT2D eigenvalue weighted by atomic mass is 16.3. The molecular weight excluding hydrogens is 202 g/mol. The van der Waals surface area contributed by atoms with Crippen LogP contribution in [0.5, 0.6) is 0 Å². The molecule has 84 valence electrons. The van der Waals surface area contributed by atoms with E-state index in [2.05, 4.69) is 10.3 Å². The van der Waals surface area contributed by atoms with Gasteiger partial charge in [-0.25, -0.2) is 4.98 Å². The average molecular weight is 217 g/mol. The summed E-state index contributed by atoms with van der Waals surface area (Å²) in [6.07, 6.45) is 5.47. The van der Waals surface area contributed by atoms with Crippen LogP contribution in [0.15, 0.2) is 18.3 Å². The minimum atomic E-state index is -0.274. The Morgan fingerprint density at radius 1 is 1.38 bits per heavy atom. The number of aliphatic hydroxyl groups excluding tert-OH is 1. The van der Waals surface area contributed by atoms with Crippen LogP contribution in [0.2, 0.25) is 0 Å². The summed E-state index contributed by atoms with van der Waals surface area (Å²) in [6, 6.07) is 5.60. The first-order chi connectivity index (χ1) is 7.79. The van der Waals surface area contributed by atoms with Crippen LogP contribution in [-0.2, 0) is 0 Å². The molecule has 2 N–H and O–H groups in total. The fourth-order valence-electron chi connectivity index (χ4n) is 2.04. The molecule has 1 saturated carbocycles. The maximum Gasteiger partial charge on any atom is 0.140 e. The molecule has 2 rings (SSSR count). The SMILES string of the molecule is N#Cc1ccc(N[C@H]2CCCC[C@H]2O)cn1. The van der Waals surface area contributed by atoms with Crippen LogP contribution in [0.1, 0.15) is 31.4 Å². The van der Waals surface area contributed by atoms with E-state index >= 15 is 0 Å². The van der Waals surface area contributed by atoms with Crippen LogP contribution in [0.25, 0.3) is 0 Å². The van der Waals surface area contributed by atoms with E-state index in [0.717, 1.165) is 31.4 Å². The van der Waals surface area contributed by atoms with Crippen LogP contribution in [0.4, 0.5) is 5.69 Å². The molecule has 0 spiro atoms. The van der Waals surface area contributed by atoms with Gasteiger partial charge in [-0.15, -0.1) is 0 Å². The summed E-state index contributed by atoms with van der Waals surface area (Å²) < 4.78 is 0. The summed E-state index contributed by atoms with van der Waals surface area (Å²) in [5, 5.41) is 21.7. The molecule has 1 aromatic heterocycles. The van der Waals surface area contributed by atoms with Crippen LogP contribution in [0.3, 0.4) is 0 Å². The molecular formula is C12H15N3O. The molecule has 0 amide bonds. The third kappa shape index (κ3) is 2.50. The Labute approximate surface area is 94.9 Å². The van der Waals surface area contributed by atoms with E-state index in [0.29, 0.717) is 5.69 Å². The molecule has 0 aromatic carbocycles. The summed E-state index contributed by atoms with van der Waals surface area (Å²) in [5.74, 6) is 0. The summed E-state index contributed by atoms with van der Waals surface area (Å²) >= 11 is 0. The Hall–Kier alpha value is -1.60. The lowest BCUT2D eigenvalue weighted by atomic mass is 9.92. The fraction of sp³-hybridized carbons (Fsp3) is 0.500. The highest BCUT2D eigenvalue weighted by Crippen LogP contribution is 2.21. The molecule has 4 nitrogen and oxygen atoms in total. The molecule has 0 unspecified atom stereocenters. The number of aromatic nitrogens is 1. The van der Waals surface area contributed by atoms with Crippen LogP contribution >= 0.6 is 0 Å². The van der Waals surface area contributed by atoms with E-state index in [-0.39, 0.29) is 12.1 Å². The standard InChI is InChI=1S/C12H15N3O/c13-7-9-5-6-10(8-14-9)15-11-3-1-2-4-12(11)16/h5-6,8,11-12,15-16H,1-4H2/t11-,12+/m0/s1. The highest BCUT2D eigenvalue weighted by Gasteiger charge is 2.22. The van der Waals surface area contributed by atoms with Crippen molar-refractivity contribution < 1.29 is 5.11 Å². The Kier molecular flexibility index (Phi) is 3.37. The van der Waals surface area contributed by atoms with Gasteiger partial charge in [-0.05, 0) is 25.0 Å². The van der Waals surface area contributed by atoms with Crippen molar-refractivity contribution in [3.8, 4) is 6.07 Å². The number of anilines is 1. The number of nitriles is 1. The minimum Gasteiger partial charge on any atom is -0.391 e. The summed E-state index contributed by atoms with van der Waals surface area (Å²) in [4.78, 5) is 3.98. The smallest absolute Gasteiger partial charge is 0.140 e. The van der Waals surface area contributed by atoms with E-state index < -0.39 is 0 Å². The predicted octanol–water partition coefficient (Wildman–Crippen LogP) is 1.67. The molecule has 1 aliphatic rings. The van der Waals surface area contributed by atoms with Crippen LogP contribution < -0.4 is 5.32 Å². The summed E-state index contributed by atoms with van der Waals surface area (Å²) in [6.45, 7) is 0. The number of hydrogen-bond acceptors (Lipinski definition) is 4. The number of rotatable bonds is 2. The Morgan fingerprint density at radius 3 is 2.81 bits per heavy atom. The lowest BCUT2D eigenvalue weighted by Gasteiger charge is -2.29. The third-order valence-electron chi connectivity index (χ3n) is 2.96. The fourth-order valence-corrected chi connectivity index (χ4v) is 2.04. The first-order valence-corrected chi connectivity index (χ1v) is 5.60. The van der Waals surface area contributed by atoms with Crippen molar-refractivity contribution >= 4 is 5.69 Å². The van der Waals surface area contributed by atoms with E-state index in [9.17, 15) is 5.11 Å². The monoisotopic (exact) mass is 217 g/mol. The van der Waals surface area contributed by atoms with Gasteiger partial charge < -0.3 is 10.4 Å². The zero-order valence-corrected chi connectivity index (χ0v) is 9.06. The van der Waals surface area contributed by atoms with Gasteiger partial charge in [0.2, 0.25) is 0 Å². The van der Waals surface area contributed by atoms with E-state index in [1.807, 2.05) is 12.1 Å². The van der Waals surface area contributed by atoms with Crippen molar-refractivity contribution in [2.45, 2.75) is 37.8 Å². The van der Waals surface area contributed by atoms with Crippen molar-refractivity contribution in [3.63, 3.8) is 0 Å². The van der Waals surface area contributed by atoms with E-state index in [1.54, 1.807) is 12.3 Å². The first-order valence-electron chi connectivity index (χ1n) is 5.60. The zero-order valence-electron chi connectivity index (χ0n) is 9.06. The average Bonchev–Trinajstić information content (AvgIpc) is 2.33. The van der Waals surface area contributed by atoms with Gasteiger partial charge in [0.1, 0.15) is 11.8 Å². The molecule has 0 aliphatic heterocycles. The highest BCUT2D eigenvalue weighted by molar-refractivity contribution is 5.43. The Balaban J connectivity index is 2.00. The second kappa shape index (κ2) is 4.95. The van der Waals surface area contributed by atoms with Crippen molar-refractivity contribution in [2.75, 3.05) is 5.32 Å². The maximum absolute atomic E-state index is 9.80. The summed E-state index contributed by atoms with van der Waals surface area (Å²) in [7, 11) is 0. The van der Waals surface area contributed by atoms with Crippen molar-refractivity contribution in [1.29, 1.82) is 5.26 Å². The van der Waals surface area contributed by atoms with Crippen LogP contribution in [-0.4, -0.2) is 22.2 Å². The van der Waals surface area contributed by atoms with Gasteiger partial charge in [-0.3, -0.25) is 0 Å². The molecule has 16 heavy (non-hydrogen) atoms. The minimum absolute atomic E-state index is 0.114. The molecule has 1 fully saturated rings. The second-order valence-electron chi connectivity index (χ2n) is 4.15. The van der Waals surface area contributed by atoms with Crippen molar-refractivity contribution in [3.05, 3.63) is 24.0 Å². The first kappa shape index (κ1) is 10.9. The molecule has 4 heteroatoms. The van der Waals surface area contributed by atoms with Crippen molar-refractivity contribution in [2.24, 2.45) is 0 Å². The Bertz CT molecular complexity index is 382. The van der Waals surface area contributed by atoms with E-state index in [1.165, 1.54) is 0 Å². The Morgan fingerprint density at radius 2 is 2.19 bits per heavy atom. The normalized spacial score (nSPS) is 24.8. The molecule has 0 saturated heterocycles. The largest absolute Gasteiger partial charge is 0.391 e. The number of aliphatic hydroxyl groups is 1. The number of nitrogens with one attached hydrogen (secondary N) is 1. The lowest BCUT2D eigenvalue weighted by molar-refractivity contribution is 0.116. The lowest BCUT2D eigenvalue weighted by Crippen LogP contribution is -2.36. The predicted molar refractivity (Wildman–Crippen MR) is 60.8 cm³/mol. The topological polar surface area (TPSA) is 68.9 Å². The number of nitrogens with zero attached hydrogens (tertiary/aromatic N) is 2. The van der Waals surface area contributed by atoms with Gasteiger partial charge in [-0.1, -0.05) is 12.8 Å². The van der Waals surface area contributed by atoms with Crippen LogP contribution in [0, 0.1) is 11.3 Å². The van der Waals surface area contributed by atoms with Gasteiger partial charge in [0.15, 0.2) is 0 Å². The third-order valence-corrected chi connectivity index (χ3v) is 2.96. The van der Waals surface area contributed by atoms with Gasteiger partial charge >= 0.3 is 0 Å². The quantitative estimate of drug-likeness (QED) is 0.790. The van der Waals surface area contributed by atoms with Gasteiger partial charge in [-0.2, -0.15) is 5.26 Å². The molecule has 1 aliphatic carbocycles. The molecule has 2 atom stereocenters. The van der Waals surface area contributed by atoms with E-state index in [4.69, 9.17) is 5.26 Å².